The lowest BCUT2D eigenvalue weighted by atomic mass is 9.80. The van der Waals surface area contributed by atoms with Gasteiger partial charge in [-0.05, 0) is 70.2 Å². The Bertz CT molecular complexity index is 1320. The summed E-state index contributed by atoms with van der Waals surface area (Å²) in [5, 5.41) is 15.0. The molecule has 0 radical (unpaired) electrons. The number of aromatic nitrogens is 4. The van der Waals surface area contributed by atoms with E-state index in [0.717, 1.165) is 0 Å². The number of anilines is 1. The fraction of sp³-hybridized carbons (Fsp3) is 0.462. The third kappa shape index (κ3) is 6.36. The third-order valence-corrected chi connectivity index (χ3v) is 6.39. The fourth-order valence-electron chi connectivity index (χ4n) is 4.73. The monoisotopic (exact) mass is 524 g/mol. The third-order valence-electron chi connectivity index (χ3n) is 6.39. The van der Waals surface area contributed by atoms with Gasteiger partial charge in [0.2, 0.25) is 0 Å². The van der Waals surface area contributed by atoms with E-state index in [1.165, 1.54) is 6.33 Å². The van der Waals surface area contributed by atoms with Crippen molar-refractivity contribution >= 4 is 35.0 Å². The Hall–Kier alpha value is -4.22. The number of methoxy groups -OCH3 is 1. The molecule has 38 heavy (non-hydrogen) atoms. The van der Waals surface area contributed by atoms with Crippen molar-refractivity contribution in [3.8, 4) is 5.75 Å². The first-order valence-corrected chi connectivity index (χ1v) is 12.4. The summed E-state index contributed by atoms with van der Waals surface area (Å²) in [4.78, 5) is 49.9. The molecule has 1 aliphatic carbocycles. The summed E-state index contributed by atoms with van der Waals surface area (Å²) in [6.07, 6.45) is 4.12. The molecular weight excluding hydrogens is 492 g/mol. The van der Waals surface area contributed by atoms with Gasteiger partial charge in [0, 0.05) is 12.0 Å². The summed E-state index contributed by atoms with van der Waals surface area (Å²) in [6.45, 7) is 5.33. The Morgan fingerprint density at radius 1 is 1.11 bits per heavy atom. The molecule has 202 valence electrons. The molecule has 1 aliphatic rings. The summed E-state index contributed by atoms with van der Waals surface area (Å²) in [6, 6.07) is 6.02. The van der Waals surface area contributed by atoms with E-state index in [1.807, 2.05) is 4.57 Å². The minimum Gasteiger partial charge on any atom is -0.497 e. The topological polar surface area (TPSA) is 158 Å². The van der Waals surface area contributed by atoms with Gasteiger partial charge in [-0.3, -0.25) is 9.59 Å². The summed E-state index contributed by atoms with van der Waals surface area (Å²) < 4.78 is 12.4. The number of imidazole rings is 1. The fourth-order valence-corrected chi connectivity index (χ4v) is 4.73. The van der Waals surface area contributed by atoms with Gasteiger partial charge in [0.15, 0.2) is 17.0 Å². The minimum atomic E-state index is -0.873. The van der Waals surface area contributed by atoms with Crippen LogP contribution in [-0.4, -0.2) is 61.3 Å². The molecule has 12 nitrogen and oxygen atoms in total. The SMILES string of the molecule is COc1ccc(C(=O)Nc2ncnc3c2ncn3[C@H]2CCC(CC(=O)O)CC2NC(=O)OC(C)(C)C)cc1. The van der Waals surface area contributed by atoms with Gasteiger partial charge in [-0.25, -0.2) is 19.7 Å². The summed E-state index contributed by atoms with van der Waals surface area (Å²) in [5.74, 6) is -0.432. The van der Waals surface area contributed by atoms with Crippen LogP contribution in [-0.2, 0) is 9.53 Å². The molecule has 3 aromatic rings. The maximum absolute atomic E-state index is 12.8. The van der Waals surface area contributed by atoms with Crippen LogP contribution >= 0.6 is 0 Å². The van der Waals surface area contributed by atoms with E-state index in [1.54, 1.807) is 58.5 Å². The first-order valence-electron chi connectivity index (χ1n) is 12.4. The van der Waals surface area contributed by atoms with E-state index < -0.39 is 23.7 Å². The molecule has 0 saturated heterocycles. The number of benzene rings is 1. The molecule has 0 spiro atoms. The summed E-state index contributed by atoms with van der Waals surface area (Å²) in [5.41, 5.74) is 0.636. The number of hydrogen-bond acceptors (Lipinski definition) is 8. The van der Waals surface area contributed by atoms with E-state index in [-0.39, 0.29) is 30.1 Å². The van der Waals surface area contributed by atoms with E-state index in [2.05, 4.69) is 25.6 Å². The van der Waals surface area contributed by atoms with Crippen molar-refractivity contribution in [2.24, 2.45) is 5.92 Å². The number of alkyl carbamates (subject to hydrolysis) is 1. The number of ether oxygens (including phenoxy) is 2. The molecule has 3 atom stereocenters. The second-order valence-corrected chi connectivity index (χ2v) is 10.3. The predicted octanol–water partition coefficient (Wildman–Crippen LogP) is 3.80. The molecule has 4 rings (SSSR count). The molecule has 0 bridgehead atoms. The molecule has 1 aromatic carbocycles. The van der Waals surface area contributed by atoms with Crippen molar-refractivity contribution in [3.05, 3.63) is 42.5 Å². The molecule has 2 aromatic heterocycles. The molecule has 0 aliphatic heterocycles. The Kier molecular flexibility index (Phi) is 7.79. The lowest BCUT2D eigenvalue weighted by Crippen LogP contribution is -2.46. The van der Waals surface area contributed by atoms with Crippen molar-refractivity contribution in [2.45, 2.75) is 64.1 Å². The molecule has 2 heterocycles. The number of amides is 2. The van der Waals surface area contributed by atoms with E-state index in [9.17, 15) is 19.5 Å². The van der Waals surface area contributed by atoms with Crippen molar-refractivity contribution in [3.63, 3.8) is 0 Å². The van der Waals surface area contributed by atoms with Gasteiger partial charge in [0.1, 0.15) is 17.7 Å². The smallest absolute Gasteiger partial charge is 0.407 e. The van der Waals surface area contributed by atoms with Crippen LogP contribution in [0.2, 0.25) is 0 Å². The van der Waals surface area contributed by atoms with E-state index in [4.69, 9.17) is 9.47 Å². The molecular formula is C26H32N6O6. The van der Waals surface area contributed by atoms with Crippen LogP contribution in [0.1, 0.15) is 62.9 Å². The summed E-state index contributed by atoms with van der Waals surface area (Å²) in [7, 11) is 1.55. The second kappa shape index (κ2) is 11.0. The number of carbonyl (C=O) groups is 3. The molecule has 2 unspecified atom stereocenters. The minimum absolute atomic E-state index is 0.0214. The number of carboxylic acid groups (broad SMARTS) is 1. The zero-order chi connectivity index (χ0) is 27.4. The van der Waals surface area contributed by atoms with Crippen LogP contribution in [0.15, 0.2) is 36.9 Å². The second-order valence-electron chi connectivity index (χ2n) is 10.3. The Labute approximate surface area is 219 Å². The zero-order valence-corrected chi connectivity index (χ0v) is 21.8. The lowest BCUT2D eigenvalue weighted by Gasteiger charge is -2.37. The van der Waals surface area contributed by atoms with Crippen molar-refractivity contribution in [1.29, 1.82) is 0 Å². The number of fused-ring (bicyclic) bond motifs is 1. The molecule has 1 fully saturated rings. The maximum Gasteiger partial charge on any atom is 0.407 e. The van der Waals surface area contributed by atoms with Gasteiger partial charge < -0.3 is 29.8 Å². The quantitative estimate of drug-likeness (QED) is 0.418. The van der Waals surface area contributed by atoms with E-state index in [0.29, 0.717) is 41.7 Å². The van der Waals surface area contributed by atoms with Crippen LogP contribution < -0.4 is 15.4 Å². The predicted molar refractivity (Wildman–Crippen MR) is 138 cm³/mol. The van der Waals surface area contributed by atoms with Gasteiger partial charge in [0.25, 0.3) is 5.91 Å². The number of hydrogen-bond donors (Lipinski definition) is 3. The number of nitrogens with one attached hydrogen (secondary N) is 2. The van der Waals surface area contributed by atoms with Gasteiger partial charge >= 0.3 is 12.1 Å². The molecule has 1 saturated carbocycles. The Morgan fingerprint density at radius 3 is 2.50 bits per heavy atom. The Balaban J connectivity index is 1.59. The highest BCUT2D eigenvalue weighted by atomic mass is 16.6. The molecule has 3 N–H and O–H groups in total. The highest BCUT2D eigenvalue weighted by Gasteiger charge is 2.35. The number of aliphatic carboxylic acids is 1. The highest BCUT2D eigenvalue weighted by molar-refractivity contribution is 6.06. The lowest BCUT2D eigenvalue weighted by molar-refractivity contribution is -0.138. The number of carbonyl (C=O) groups excluding carboxylic acids is 2. The van der Waals surface area contributed by atoms with Crippen LogP contribution in [0.25, 0.3) is 11.2 Å². The van der Waals surface area contributed by atoms with Crippen LogP contribution in [0.5, 0.6) is 5.75 Å². The van der Waals surface area contributed by atoms with Crippen molar-refractivity contribution < 1.29 is 29.0 Å². The average molecular weight is 525 g/mol. The van der Waals surface area contributed by atoms with Crippen LogP contribution in [0, 0.1) is 5.92 Å². The maximum atomic E-state index is 12.8. The van der Waals surface area contributed by atoms with Gasteiger partial charge in [-0.1, -0.05) is 0 Å². The van der Waals surface area contributed by atoms with Gasteiger partial charge in [-0.15, -0.1) is 0 Å². The first-order chi connectivity index (χ1) is 18.0. The number of rotatable bonds is 7. The van der Waals surface area contributed by atoms with Gasteiger partial charge in [0.05, 0.1) is 25.5 Å². The normalized spacial score (nSPS) is 19.5. The number of carboxylic acids is 1. The molecule has 12 heteroatoms. The highest BCUT2D eigenvalue weighted by Crippen LogP contribution is 2.36. The molecule has 2 amide bonds. The average Bonchev–Trinajstić information content (AvgIpc) is 3.27. The first kappa shape index (κ1) is 26.8. The van der Waals surface area contributed by atoms with Crippen molar-refractivity contribution in [2.75, 3.05) is 12.4 Å². The van der Waals surface area contributed by atoms with E-state index >= 15 is 0 Å². The van der Waals surface area contributed by atoms with Crippen LogP contribution in [0.4, 0.5) is 10.6 Å². The largest absolute Gasteiger partial charge is 0.497 e. The number of nitrogens with zero attached hydrogens (tertiary/aromatic N) is 4. The van der Waals surface area contributed by atoms with Crippen LogP contribution in [0.3, 0.4) is 0 Å². The van der Waals surface area contributed by atoms with Crippen molar-refractivity contribution in [1.82, 2.24) is 24.8 Å². The zero-order valence-electron chi connectivity index (χ0n) is 21.8. The Morgan fingerprint density at radius 2 is 1.84 bits per heavy atom. The standard InChI is InChI=1S/C26H32N6O6/c1-26(2,3)38-25(36)30-18-11-15(12-20(33)34)5-10-19(18)32-14-29-21-22(27-13-28-23(21)32)31-24(35)16-6-8-17(37-4)9-7-16/h6-9,13-15,18-19H,5,10-12H2,1-4H3,(H,30,36)(H,33,34)(H,27,28,31,35)/t15?,18?,19-/m0/s1. The summed E-state index contributed by atoms with van der Waals surface area (Å²) >= 11 is 0. The van der Waals surface area contributed by atoms with Gasteiger partial charge in [-0.2, -0.15) is 0 Å².